The average Bonchev–Trinajstić information content (AvgIpc) is 2.83. The van der Waals surface area contributed by atoms with Gasteiger partial charge in [0.2, 0.25) is 10.0 Å². The van der Waals surface area contributed by atoms with Crippen LogP contribution in [0.2, 0.25) is 0 Å². The number of hydrogen-bond donors (Lipinski definition) is 2. The first-order valence-corrected chi connectivity index (χ1v) is 11.7. The molecule has 0 aliphatic carbocycles. The van der Waals surface area contributed by atoms with Crippen LogP contribution in [0, 0.1) is 0 Å². The van der Waals surface area contributed by atoms with E-state index in [1.54, 1.807) is 25.3 Å². The van der Waals surface area contributed by atoms with Crippen LogP contribution in [0.3, 0.4) is 0 Å². The fraction of sp³-hybridized carbons (Fsp3) is 0.364. The van der Waals surface area contributed by atoms with Crippen molar-refractivity contribution in [2.45, 2.75) is 24.0 Å². The van der Waals surface area contributed by atoms with E-state index in [-0.39, 0.29) is 24.5 Å². The summed E-state index contributed by atoms with van der Waals surface area (Å²) in [7, 11) is -2.22. The lowest BCUT2D eigenvalue weighted by atomic mass is 10.1. The van der Waals surface area contributed by atoms with Crippen molar-refractivity contribution in [1.82, 2.24) is 14.9 Å². The number of para-hydroxylation sites is 1. The molecule has 2 N–H and O–H groups in total. The van der Waals surface area contributed by atoms with Gasteiger partial charge in [0.05, 0.1) is 25.2 Å². The van der Waals surface area contributed by atoms with E-state index in [4.69, 9.17) is 9.47 Å². The minimum Gasteiger partial charge on any atom is -0.496 e. The highest BCUT2D eigenvalue weighted by Crippen LogP contribution is 2.21. The maximum absolute atomic E-state index is 12.9. The molecule has 0 aromatic heterocycles. The van der Waals surface area contributed by atoms with Crippen molar-refractivity contribution >= 4 is 21.8 Å². The molecule has 2 amide bonds. The SMILES string of the molecule is COc1ccccc1CCNC(=O)C(=O)NC[C@@H]1OCCCN1S(=O)(=O)c1ccccc1. The first-order chi connectivity index (χ1) is 15.4. The van der Waals surface area contributed by atoms with Gasteiger partial charge in [0, 0.05) is 13.1 Å². The van der Waals surface area contributed by atoms with Crippen LogP contribution < -0.4 is 15.4 Å². The minimum atomic E-state index is -3.79. The van der Waals surface area contributed by atoms with E-state index in [0.29, 0.717) is 25.2 Å². The molecule has 2 aromatic rings. The van der Waals surface area contributed by atoms with Crippen molar-refractivity contribution in [1.29, 1.82) is 0 Å². The zero-order valence-corrected chi connectivity index (χ0v) is 18.6. The smallest absolute Gasteiger partial charge is 0.309 e. The number of sulfonamides is 1. The lowest BCUT2D eigenvalue weighted by Crippen LogP contribution is -2.53. The number of hydrogen-bond acceptors (Lipinski definition) is 6. The molecule has 1 aliphatic heterocycles. The Morgan fingerprint density at radius 3 is 2.50 bits per heavy atom. The van der Waals surface area contributed by atoms with Gasteiger partial charge in [-0.25, -0.2) is 8.42 Å². The quantitative estimate of drug-likeness (QED) is 0.565. The third-order valence-corrected chi connectivity index (χ3v) is 6.92. The zero-order chi connectivity index (χ0) is 23.0. The summed E-state index contributed by atoms with van der Waals surface area (Å²) < 4.78 is 38.0. The van der Waals surface area contributed by atoms with Gasteiger partial charge < -0.3 is 20.1 Å². The van der Waals surface area contributed by atoms with Crippen molar-refractivity contribution < 1.29 is 27.5 Å². The van der Waals surface area contributed by atoms with Gasteiger partial charge in [-0.15, -0.1) is 0 Å². The number of nitrogens with one attached hydrogen (secondary N) is 2. The summed E-state index contributed by atoms with van der Waals surface area (Å²) in [5, 5.41) is 5.03. The van der Waals surface area contributed by atoms with Crippen LogP contribution in [-0.4, -0.2) is 64.1 Å². The predicted molar refractivity (Wildman–Crippen MR) is 117 cm³/mol. The second kappa shape index (κ2) is 11.1. The number of amides is 2. The summed E-state index contributed by atoms with van der Waals surface area (Å²) in [6.07, 6.45) is 0.150. The van der Waals surface area contributed by atoms with Crippen molar-refractivity contribution in [3.63, 3.8) is 0 Å². The average molecular weight is 462 g/mol. The Morgan fingerprint density at radius 2 is 1.75 bits per heavy atom. The van der Waals surface area contributed by atoms with Gasteiger partial charge in [0.15, 0.2) is 0 Å². The highest BCUT2D eigenvalue weighted by molar-refractivity contribution is 7.89. The molecule has 172 valence electrons. The van der Waals surface area contributed by atoms with Crippen molar-refractivity contribution in [3.05, 3.63) is 60.2 Å². The van der Waals surface area contributed by atoms with Crippen LogP contribution in [0.5, 0.6) is 5.75 Å². The van der Waals surface area contributed by atoms with Crippen LogP contribution in [0.1, 0.15) is 12.0 Å². The Balaban J connectivity index is 1.52. The number of benzene rings is 2. The number of methoxy groups -OCH3 is 1. The summed E-state index contributed by atoms with van der Waals surface area (Å²) in [6, 6.07) is 15.5. The van der Waals surface area contributed by atoms with E-state index in [1.807, 2.05) is 24.3 Å². The van der Waals surface area contributed by atoms with Gasteiger partial charge in [0.1, 0.15) is 12.0 Å². The molecule has 1 fully saturated rings. The van der Waals surface area contributed by atoms with Crippen LogP contribution in [-0.2, 0) is 30.8 Å². The predicted octanol–water partition coefficient (Wildman–Crippen LogP) is 0.907. The van der Waals surface area contributed by atoms with Crippen LogP contribution in [0.25, 0.3) is 0 Å². The molecule has 0 spiro atoms. The summed E-state index contributed by atoms with van der Waals surface area (Å²) in [5.41, 5.74) is 0.910. The van der Waals surface area contributed by atoms with E-state index in [0.717, 1.165) is 5.56 Å². The maximum Gasteiger partial charge on any atom is 0.309 e. The number of ether oxygens (including phenoxy) is 2. The number of nitrogens with zero attached hydrogens (tertiary/aromatic N) is 1. The molecular weight excluding hydrogens is 434 g/mol. The molecular formula is C22H27N3O6S. The molecule has 0 saturated carbocycles. The Hall–Kier alpha value is -2.95. The normalized spacial score (nSPS) is 16.8. The minimum absolute atomic E-state index is 0.134. The third kappa shape index (κ3) is 5.84. The van der Waals surface area contributed by atoms with Crippen molar-refractivity contribution in [3.8, 4) is 5.75 Å². The zero-order valence-electron chi connectivity index (χ0n) is 17.8. The van der Waals surface area contributed by atoms with Crippen LogP contribution >= 0.6 is 0 Å². The summed E-state index contributed by atoms with van der Waals surface area (Å²) in [4.78, 5) is 24.5. The molecule has 0 bridgehead atoms. The van der Waals surface area contributed by atoms with E-state index in [9.17, 15) is 18.0 Å². The third-order valence-electron chi connectivity index (χ3n) is 5.02. The van der Waals surface area contributed by atoms with Gasteiger partial charge in [0.25, 0.3) is 0 Å². The maximum atomic E-state index is 12.9. The van der Waals surface area contributed by atoms with Crippen LogP contribution in [0.4, 0.5) is 0 Å². The monoisotopic (exact) mass is 461 g/mol. The molecule has 1 saturated heterocycles. The standard InChI is InChI=1S/C22H27N3O6S/c1-30-19-11-6-5-8-17(19)12-13-23-21(26)22(27)24-16-20-25(14-7-15-31-20)32(28,29)18-9-3-2-4-10-18/h2-6,8-11,20H,7,12-16H2,1H3,(H,23,26)(H,24,27)/t20-/m0/s1. The molecule has 0 unspecified atom stereocenters. The van der Waals surface area contributed by atoms with E-state index in [1.165, 1.54) is 16.4 Å². The second-order valence-electron chi connectivity index (χ2n) is 7.14. The fourth-order valence-electron chi connectivity index (χ4n) is 3.39. The Bertz CT molecular complexity index is 1030. The Kier molecular flexibility index (Phi) is 8.20. The summed E-state index contributed by atoms with van der Waals surface area (Å²) >= 11 is 0. The highest BCUT2D eigenvalue weighted by Gasteiger charge is 2.34. The van der Waals surface area contributed by atoms with E-state index in [2.05, 4.69) is 10.6 Å². The van der Waals surface area contributed by atoms with Gasteiger partial charge in [-0.1, -0.05) is 36.4 Å². The fourth-order valence-corrected chi connectivity index (χ4v) is 4.98. The number of carbonyl (C=O) groups excluding carboxylic acids is 2. The molecule has 10 heteroatoms. The molecule has 1 aliphatic rings. The Labute approximate surface area is 187 Å². The van der Waals surface area contributed by atoms with Gasteiger partial charge in [-0.2, -0.15) is 4.31 Å². The van der Waals surface area contributed by atoms with E-state index >= 15 is 0 Å². The summed E-state index contributed by atoms with van der Waals surface area (Å²) in [6.45, 7) is 0.751. The molecule has 0 radical (unpaired) electrons. The first kappa shape index (κ1) is 23.7. The number of rotatable bonds is 8. The van der Waals surface area contributed by atoms with Gasteiger partial charge in [-0.05, 0) is 36.6 Å². The largest absolute Gasteiger partial charge is 0.496 e. The molecule has 9 nitrogen and oxygen atoms in total. The topological polar surface area (TPSA) is 114 Å². The van der Waals surface area contributed by atoms with E-state index < -0.39 is 28.1 Å². The lowest BCUT2D eigenvalue weighted by molar-refractivity contribution is -0.140. The second-order valence-corrected chi connectivity index (χ2v) is 9.03. The molecule has 3 rings (SSSR count). The molecule has 1 heterocycles. The van der Waals surface area contributed by atoms with Crippen molar-refractivity contribution in [2.75, 3.05) is 33.4 Å². The lowest BCUT2D eigenvalue weighted by Gasteiger charge is -2.34. The molecule has 32 heavy (non-hydrogen) atoms. The highest BCUT2D eigenvalue weighted by atomic mass is 32.2. The molecule has 2 aromatic carbocycles. The first-order valence-electron chi connectivity index (χ1n) is 10.3. The Morgan fingerprint density at radius 1 is 1.06 bits per heavy atom. The van der Waals surface area contributed by atoms with Gasteiger partial charge >= 0.3 is 11.8 Å². The number of carbonyl (C=O) groups is 2. The van der Waals surface area contributed by atoms with Gasteiger partial charge in [-0.3, -0.25) is 9.59 Å². The molecule has 1 atom stereocenters. The van der Waals surface area contributed by atoms with Crippen molar-refractivity contribution in [2.24, 2.45) is 0 Å². The van der Waals surface area contributed by atoms with Crippen LogP contribution in [0.15, 0.2) is 59.5 Å². The summed E-state index contributed by atoms with van der Waals surface area (Å²) in [5.74, 6) is -0.940.